The van der Waals surface area contributed by atoms with Gasteiger partial charge in [0.05, 0.1) is 17.4 Å². The van der Waals surface area contributed by atoms with E-state index in [1.807, 2.05) is 19.9 Å². The minimum Gasteiger partial charge on any atom is -0.382 e. The Balaban J connectivity index is 1.67. The van der Waals surface area contributed by atoms with E-state index in [9.17, 15) is 9.18 Å². The second-order valence-electron chi connectivity index (χ2n) is 7.95. The number of fused-ring (bicyclic) bond motifs is 1. The van der Waals surface area contributed by atoms with E-state index in [-0.39, 0.29) is 23.8 Å². The van der Waals surface area contributed by atoms with Crippen LogP contribution in [0.2, 0.25) is 0 Å². The van der Waals surface area contributed by atoms with E-state index in [0.29, 0.717) is 22.4 Å². The first-order valence-corrected chi connectivity index (χ1v) is 10.2. The summed E-state index contributed by atoms with van der Waals surface area (Å²) in [5.74, 6) is 0.147. The Hall–Kier alpha value is -2.96. The van der Waals surface area contributed by atoms with E-state index in [0.717, 1.165) is 31.4 Å². The van der Waals surface area contributed by atoms with Gasteiger partial charge < -0.3 is 10.6 Å². The molecular weight excluding hydrogens is 369 g/mol. The standard InChI is InChI=1S/C22H26FN5O/c1-14(2)26-19-11-20(28-9-8-15-10-16(23)12-25-21(15)28)24-13-18(19)22(29)27-17-6-4-3-5-7-17/h8-14,17H,3-7H2,1-2H3,(H,24,26)(H,27,29). The van der Waals surface area contributed by atoms with E-state index in [4.69, 9.17) is 0 Å². The average Bonchev–Trinajstić information content (AvgIpc) is 3.11. The molecule has 1 saturated carbocycles. The molecule has 0 saturated heterocycles. The van der Waals surface area contributed by atoms with Gasteiger partial charge in [0.25, 0.3) is 5.91 Å². The highest BCUT2D eigenvalue weighted by atomic mass is 19.1. The number of aromatic nitrogens is 3. The molecule has 3 aromatic rings. The Bertz CT molecular complexity index is 1020. The van der Waals surface area contributed by atoms with E-state index >= 15 is 0 Å². The molecule has 1 amide bonds. The van der Waals surface area contributed by atoms with Gasteiger partial charge in [0.1, 0.15) is 17.3 Å². The van der Waals surface area contributed by atoms with Gasteiger partial charge in [-0.15, -0.1) is 0 Å². The third kappa shape index (κ3) is 4.23. The second kappa shape index (κ2) is 8.19. The quantitative estimate of drug-likeness (QED) is 0.670. The normalized spacial score (nSPS) is 15.0. The van der Waals surface area contributed by atoms with Crippen molar-refractivity contribution >= 4 is 22.6 Å². The fourth-order valence-electron chi connectivity index (χ4n) is 3.88. The van der Waals surface area contributed by atoms with Crippen LogP contribution in [0.4, 0.5) is 10.1 Å². The molecule has 1 fully saturated rings. The summed E-state index contributed by atoms with van der Waals surface area (Å²) in [4.78, 5) is 21.6. The number of rotatable bonds is 5. The first kappa shape index (κ1) is 19.4. The highest BCUT2D eigenvalue weighted by Crippen LogP contribution is 2.24. The summed E-state index contributed by atoms with van der Waals surface area (Å²) in [5, 5.41) is 7.21. The Labute approximate surface area is 169 Å². The zero-order chi connectivity index (χ0) is 20.4. The zero-order valence-electron chi connectivity index (χ0n) is 16.8. The Morgan fingerprint density at radius 1 is 1.17 bits per heavy atom. The number of carbonyl (C=O) groups is 1. The fraction of sp³-hybridized carbons (Fsp3) is 0.409. The summed E-state index contributed by atoms with van der Waals surface area (Å²) >= 11 is 0. The summed E-state index contributed by atoms with van der Waals surface area (Å²) < 4.78 is 15.2. The van der Waals surface area contributed by atoms with Crippen molar-refractivity contribution in [1.29, 1.82) is 0 Å². The van der Waals surface area contributed by atoms with Gasteiger partial charge in [-0.2, -0.15) is 0 Å². The van der Waals surface area contributed by atoms with Crippen LogP contribution in [0.5, 0.6) is 0 Å². The largest absolute Gasteiger partial charge is 0.382 e. The van der Waals surface area contributed by atoms with Gasteiger partial charge in [-0.05, 0) is 38.8 Å². The average molecular weight is 395 g/mol. The molecule has 1 aliphatic carbocycles. The Kier molecular flexibility index (Phi) is 5.47. The van der Waals surface area contributed by atoms with E-state index < -0.39 is 0 Å². The van der Waals surface area contributed by atoms with Crippen LogP contribution >= 0.6 is 0 Å². The molecule has 4 rings (SSSR count). The number of pyridine rings is 2. The lowest BCUT2D eigenvalue weighted by Gasteiger charge is -2.23. The van der Waals surface area contributed by atoms with Crippen LogP contribution < -0.4 is 10.6 Å². The zero-order valence-corrected chi connectivity index (χ0v) is 16.8. The predicted molar refractivity (Wildman–Crippen MR) is 112 cm³/mol. The molecule has 7 heteroatoms. The molecule has 6 nitrogen and oxygen atoms in total. The number of hydrogen-bond donors (Lipinski definition) is 2. The first-order valence-electron chi connectivity index (χ1n) is 10.2. The van der Waals surface area contributed by atoms with Crippen molar-refractivity contribution in [2.45, 2.75) is 58.0 Å². The fourth-order valence-corrected chi connectivity index (χ4v) is 3.88. The maximum absolute atomic E-state index is 13.4. The molecule has 29 heavy (non-hydrogen) atoms. The lowest BCUT2D eigenvalue weighted by molar-refractivity contribution is 0.0928. The van der Waals surface area contributed by atoms with Crippen LogP contribution in [0.25, 0.3) is 16.9 Å². The van der Waals surface area contributed by atoms with Crippen LogP contribution in [0.3, 0.4) is 0 Å². The molecule has 0 unspecified atom stereocenters. The number of amides is 1. The molecule has 0 bridgehead atoms. The maximum atomic E-state index is 13.4. The Morgan fingerprint density at radius 3 is 2.72 bits per heavy atom. The molecule has 0 spiro atoms. The molecule has 152 valence electrons. The van der Waals surface area contributed by atoms with Gasteiger partial charge >= 0.3 is 0 Å². The monoisotopic (exact) mass is 395 g/mol. The van der Waals surface area contributed by atoms with Crippen molar-refractivity contribution in [3.05, 3.63) is 48.2 Å². The van der Waals surface area contributed by atoms with Gasteiger partial charge in [-0.25, -0.2) is 14.4 Å². The van der Waals surface area contributed by atoms with Gasteiger partial charge in [-0.1, -0.05) is 19.3 Å². The molecule has 3 aromatic heterocycles. The number of nitrogens with one attached hydrogen (secondary N) is 2. The maximum Gasteiger partial charge on any atom is 0.255 e. The SMILES string of the molecule is CC(C)Nc1cc(-n2ccc3cc(F)cnc32)ncc1C(=O)NC1CCCCC1. The van der Waals surface area contributed by atoms with Crippen molar-refractivity contribution in [2.75, 3.05) is 5.32 Å². The number of anilines is 1. The molecule has 0 aliphatic heterocycles. The van der Waals surface area contributed by atoms with Crippen LogP contribution in [-0.2, 0) is 0 Å². The smallest absolute Gasteiger partial charge is 0.255 e. The Morgan fingerprint density at radius 2 is 1.97 bits per heavy atom. The molecule has 2 N–H and O–H groups in total. The lowest BCUT2D eigenvalue weighted by Crippen LogP contribution is -2.36. The molecule has 0 aromatic carbocycles. The summed E-state index contributed by atoms with van der Waals surface area (Å²) in [5.41, 5.74) is 1.87. The third-order valence-corrected chi connectivity index (χ3v) is 5.26. The predicted octanol–water partition coefficient (Wildman–Crippen LogP) is 4.44. The molecule has 1 aliphatic rings. The summed E-state index contributed by atoms with van der Waals surface area (Å²) in [6, 6.07) is 5.47. The molecular formula is C22H26FN5O. The lowest BCUT2D eigenvalue weighted by atomic mass is 9.95. The van der Waals surface area contributed by atoms with Crippen LogP contribution in [-0.4, -0.2) is 32.5 Å². The van der Waals surface area contributed by atoms with Gasteiger partial charge in [0.2, 0.25) is 0 Å². The second-order valence-corrected chi connectivity index (χ2v) is 7.95. The van der Waals surface area contributed by atoms with Crippen LogP contribution in [0, 0.1) is 5.82 Å². The van der Waals surface area contributed by atoms with E-state index in [1.165, 1.54) is 18.7 Å². The van der Waals surface area contributed by atoms with E-state index in [1.54, 1.807) is 23.0 Å². The van der Waals surface area contributed by atoms with Gasteiger partial charge in [0, 0.05) is 35.9 Å². The third-order valence-electron chi connectivity index (χ3n) is 5.26. The minimum absolute atomic E-state index is 0.100. The highest BCUT2D eigenvalue weighted by molar-refractivity contribution is 5.99. The number of nitrogens with zero attached hydrogens (tertiary/aromatic N) is 3. The molecule has 0 radical (unpaired) electrons. The van der Waals surface area contributed by atoms with Crippen molar-refractivity contribution in [3.8, 4) is 5.82 Å². The van der Waals surface area contributed by atoms with Crippen molar-refractivity contribution < 1.29 is 9.18 Å². The first-order chi connectivity index (χ1) is 14.0. The topological polar surface area (TPSA) is 71.8 Å². The molecule has 3 heterocycles. The summed E-state index contributed by atoms with van der Waals surface area (Å²) in [7, 11) is 0. The number of carbonyl (C=O) groups excluding carboxylic acids is 1. The van der Waals surface area contributed by atoms with Crippen molar-refractivity contribution in [2.24, 2.45) is 0 Å². The highest BCUT2D eigenvalue weighted by Gasteiger charge is 2.20. The van der Waals surface area contributed by atoms with Crippen LogP contribution in [0.15, 0.2) is 36.8 Å². The van der Waals surface area contributed by atoms with Gasteiger partial charge in [-0.3, -0.25) is 9.36 Å². The molecule has 0 atom stereocenters. The van der Waals surface area contributed by atoms with Crippen molar-refractivity contribution in [3.63, 3.8) is 0 Å². The van der Waals surface area contributed by atoms with E-state index in [2.05, 4.69) is 20.6 Å². The van der Waals surface area contributed by atoms with Gasteiger partial charge in [0.15, 0.2) is 0 Å². The van der Waals surface area contributed by atoms with Crippen LogP contribution in [0.1, 0.15) is 56.3 Å². The minimum atomic E-state index is -0.375. The summed E-state index contributed by atoms with van der Waals surface area (Å²) in [6.45, 7) is 4.05. The summed E-state index contributed by atoms with van der Waals surface area (Å²) in [6.07, 6.45) is 10.2. The van der Waals surface area contributed by atoms with Crippen molar-refractivity contribution in [1.82, 2.24) is 19.9 Å². The number of halogens is 1. The number of hydrogen-bond acceptors (Lipinski definition) is 4.